The summed E-state index contributed by atoms with van der Waals surface area (Å²) >= 11 is 0. The molecule has 2 aromatic carbocycles. The second kappa shape index (κ2) is 4.42. The van der Waals surface area contributed by atoms with Crippen molar-refractivity contribution in [2.24, 2.45) is 0 Å². The Kier molecular flexibility index (Phi) is 2.83. The molecule has 4 nitrogen and oxygen atoms in total. The maximum Gasteiger partial charge on any atom is 0.269 e. The Morgan fingerprint density at radius 1 is 1.15 bits per heavy atom. The summed E-state index contributed by atoms with van der Waals surface area (Å²) in [4.78, 5) is 4.10. The molecule has 0 aliphatic rings. The summed E-state index contributed by atoms with van der Waals surface area (Å²) in [5, 5.41) is 0. The first-order chi connectivity index (χ1) is 9.50. The van der Waals surface area contributed by atoms with Gasteiger partial charge in [-0.2, -0.15) is 0 Å². The van der Waals surface area contributed by atoms with E-state index in [1.165, 1.54) is 25.4 Å². The normalized spacial score (nSPS) is 11.9. The van der Waals surface area contributed by atoms with Gasteiger partial charge < -0.3 is 0 Å². The first-order valence-electron chi connectivity index (χ1n) is 5.94. The molecule has 0 aliphatic carbocycles. The van der Waals surface area contributed by atoms with E-state index in [2.05, 4.69) is 4.98 Å². The molecular formula is C14H11FN2O2S. The summed E-state index contributed by atoms with van der Waals surface area (Å²) in [5.74, 6) is -0.431. The standard InChI is InChI=1S/C14H11FN2O2S/c1-10-8-11(6-7-12(10)15)20(18,19)17-9-16-13-4-2-3-5-14(13)17/h2-9H,1H3. The number of para-hydroxylation sites is 2. The van der Waals surface area contributed by atoms with Crippen molar-refractivity contribution in [2.75, 3.05) is 0 Å². The van der Waals surface area contributed by atoms with E-state index < -0.39 is 15.8 Å². The SMILES string of the molecule is Cc1cc(S(=O)(=O)n2cnc3ccccc32)ccc1F. The van der Waals surface area contributed by atoms with Crippen LogP contribution in [0.15, 0.2) is 53.7 Å². The smallest absolute Gasteiger partial charge is 0.236 e. The molecule has 102 valence electrons. The van der Waals surface area contributed by atoms with Crippen molar-refractivity contribution in [3.63, 3.8) is 0 Å². The highest BCUT2D eigenvalue weighted by atomic mass is 32.2. The van der Waals surface area contributed by atoms with Gasteiger partial charge in [-0.05, 0) is 42.8 Å². The van der Waals surface area contributed by atoms with Crippen LogP contribution in [0.25, 0.3) is 11.0 Å². The minimum Gasteiger partial charge on any atom is -0.236 e. The highest BCUT2D eigenvalue weighted by Crippen LogP contribution is 2.21. The van der Waals surface area contributed by atoms with Crippen molar-refractivity contribution in [2.45, 2.75) is 11.8 Å². The molecule has 0 saturated carbocycles. The van der Waals surface area contributed by atoms with Crippen LogP contribution in [0, 0.1) is 12.7 Å². The van der Waals surface area contributed by atoms with Crippen molar-refractivity contribution >= 4 is 21.1 Å². The maximum atomic E-state index is 13.3. The van der Waals surface area contributed by atoms with E-state index in [9.17, 15) is 12.8 Å². The van der Waals surface area contributed by atoms with Crippen molar-refractivity contribution in [3.05, 3.63) is 60.2 Å². The second-order valence-corrected chi connectivity index (χ2v) is 6.26. The number of hydrogen-bond acceptors (Lipinski definition) is 3. The van der Waals surface area contributed by atoms with Crippen molar-refractivity contribution in [1.29, 1.82) is 0 Å². The lowest BCUT2D eigenvalue weighted by molar-refractivity contribution is 0.587. The fourth-order valence-electron chi connectivity index (χ4n) is 2.02. The first-order valence-corrected chi connectivity index (χ1v) is 7.38. The first kappa shape index (κ1) is 12.8. The largest absolute Gasteiger partial charge is 0.269 e. The van der Waals surface area contributed by atoms with Gasteiger partial charge in [0.25, 0.3) is 10.0 Å². The van der Waals surface area contributed by atoms with Gasteiger partial charge in [0.1, 0.15) is 12.1 Å². The molecule has 0 aliphatic heterocycles. The van der Waals surface area contributed by atoms with Crippen LogP contribution in [0.4, 0.5) is 4.39 Å². The summed E-state index contributed by atoms with van der Waals surface area (Å²) in [7, 11) is -3.77. The Bertz CT molecular complexity index is 900. The van der Waals surface area contributed by atoms with Gasteiger partial charge in [-0.25, -0.2) is 21.8 Å². The molecule has 0 atom stereocenters. The predicted molar refractivity (Wildman–Crippen MR) is 73.5 cm³/mol. The number of benzene rings is 2. The average Bonchev–Trinajstić information content (AvgIpc) is 2.86. The van der Waals surface area contributed by atoms with Gasteiger partial charge in [-0.3, -0.25) is 0 Å². The van der Waals surface area contributed by atoms with Gasteiger partial charge in [0, 0.05) is 0 Å². The summed E-state index contributed by atoms with van der Waals surface area (Å²) in [5.41, 5.74) is 1.37. The third kappa shape index (κ3) is 1.89. The molecule has 0 bridgehead atoms. The summed E-state index contributed by atoms with van der Waals surface area (Å²) < 4.78 is 39.5. The number of imidazole rings is 1. The molecule has 20 heavy (non-hydrogen) atoms. The third-order valence-electron chi connectivity index (χ3n) is 3.11. The van der Waals surface area contributed by atoms with Crippen LogP contribution >= 0.6 is 0 Å². The molecule has 0 unspecified atom stereocenters. The Balaban J connectivity index is 2.23. The summed E-state index contributed by atoms with van der Waals surface area (Å²) in [6, 6.07) is 10.7. The lowest BCUT2D eigenvalue weighted by atomic mass is 10.2. The van der Waals surface area contributed by atoms with E-state index in [-0.39, 0.29) is 10.5 Å². The molecule has 1 aromatic heterocycles. The number of nitrogens with zero attached hydrogens (tertiary/aromatic N) is 2. The quantitative estimate of drug-likeness (QED) is 0.729. The van der Waals surface area contributed by atoms with Crippen LogP contribution in [0.1, 0.15) is 5.56 Å². The number of aryl methyl sites for hydroxylation is 1. The molecule has 3 aromatic rings. The van der Waals surface area contributed by atoms with E-state index in [1.807, 2.05) is 0 Å². The zero-order valence-corrected chi connectivity index (χ0v) is 11.4. The predicted octanol–water partition coefficient (Wildman–Crippen LogP) is 2.72. The van der Waals surface area contributed by atoms with Crippen LogP contribution in [0.5, 0.6) is 0 Å². The van der Waals surface area contributed by atoms with Gasteiger partial charge in [0.2, 0.25) is 0 Å². The van der Waals surface area contributed by atoms with Gasteiger partial charge in [0.05, 0.1) is 15.9 Å². The molecule has 1 heterocycles. The Hall–Kier alpha value is -2.21. The zero-order chi connectivity index (χ0) is 14.3. The lowest BCUT2D eigenvalue weighted by Crippen LogP contribution is -2.12. The van der Waals surface area contributed by atoms with Gasteiger partial charge in [0.15, 0.2) is 0 Å². The second-order valence-electron chi connectivity index (χ2n) is 4.45. The molecule has 6 heteroatoms. The lowest BCUT2D eigenvalue weighted by Gasteiger charge is -2.07. The Morgan fingerprint density at radius 2 is 1.90 bits per heavy atom. The van der Waals surface area contributed by atoms with Crippen LogP contribution in [0.2, 0.25) is 0 Å². The van der Waals surface area contributed by atoms with Crippen molar-refractivity contribution in [3.8, 4) is 0 Å². The van der Waals surface area contributed by atoms with Crippen LogP contribution in [-0.4, -0.2) is 17.4 Å². The van der Waals surface area contributed by atoms with E-state index in [4.69, 9.17) is 0 Å². The third-order valence-corrected chi connectivity index (χ3v) is 4.77. The minimum absolute atomic E-state index is 0.0413. The monoisotopic (exact) mass is 290 g/mol. The number of halogens is 1. The van der Waals surface area contributed by atoms with Crippen LogP contribution < -0.4 is 0 Å². The topological polar surface area (TPSA) is 52.0 Å². The fraction of sp³-hybridized carbons (Fsp3) is 0.0714. The number of aromatic nitrogens is 2. The average molecular weight is 290 g/mol. The molecule has 3 rings (SSSR count). The zero-order valence-electron chi connectivity index (χ0n) is 10.6. The Labute approximate surface area is 115 Å². The summed E-state index contributed by atoms with van der Waals surface area (Å²) in [6.07, 6.45) is 1.26. The fourth-order valence-corrected chi connectivity index (χ4v) is 3.40. The number of hydrogen-bond donors (Lipinski definition) is 0. The molecule has 0 amide bonds. The molecular weight excluding hydrogens is 279 g/mol. The van der Waals surface area contributed by atoms with Crippen LogP contribution in [0.3, 0.4) is 0 Å². The molecule has 0 N–H and O–H groups in total. The van der Waals surface area contributed by atoms with E-state index in [0.29, 0.717) is 11.0 Å². The van der Waals surface area contributed by atoms with Gasteiger partial charge in [-0.15, -0.1) is 0 Å². The molecule has 0 spiro atoms. The number of rotatable bonds is 2. The molecule has 0 radical (unpaired) electrons. The van der Waals surface area contributed by atoms with Crippen molar-refractivity contribution in [1.82, 2.24) is 8.96 Å². The summed E-state index contributed by atoms with van der Waals surface area (Å²) in [6.45, 7) is 1.53. The minimum atomic E-state index is -3.77. The Morgan fingerprint density at radius 3 is 2.65 bits per heavy atom. The van der Waals surface area contributed by atoms with Crippen LogP contribution in [-0.2, 0) is 10.0 Å². The highest BCUT2D eigenvalue weighted by molar-refractivity contribution is 7.90. The molecule has 0 fully saturated rings. The van der Waals surface area contributed by atoms with Crippen molar-refractivity contribution < 1.29 is 12.8 Å². The number of fused-ring (bicyclic) bond motifs is 1. The highest BCUT2D eigenvalue weighted by Gasteiger charge is 2.20. The molecule has 0 saturated heterocycles. The van der Waals surface area contributed by atoms with Gasteiger partial charge in [-0.1, -0.05) is 12.1 Å². The van der Waals surface area contributed by atoms with E-state index in [1.54, 1.807) is 24.3 Å². The van der Waals surface area contributed by atoms with E-state index in [0.717, 1.165) is 10.0 Å². The van der Waals surface area contributed by atoms with E-state index >= 15 is 0 Å². The maximum absolute atomic E-state index is 13.3. The van der Waals surface area contributed by atoms with Gasteiger partial charge >= 0.3 is 0 Å².